The maximum Gasteiger partial charge on any atom is 0.284 e. The molecule has 0 atom stereocenters. The lowest BCUT2D eigenvalue weighted by atomic mass is 10.2. The molecule has 0 amide bonds. The van der Waals surface area contributed by atoms with Gasteiger partial charge in [0.25, 0.3) is 16.8 Å². The van der Waals surface area contributed by atoms with Crippen LogP contribution in [-0.4, -0.2) is 20.2 Å². The maximum atomic E-state index is 12.1. The molecule has 3 aromatic rings. The van der Waals surface area contributed by atoms with Crippen molar-refractivity contribution in [3.05, 3.63) is 58.3 Å². The topological polar surface area (TPSA) is 112 Å². The van der Waals surface area contributed by atoms with Gasteiger partial charge >= 0.3 is 0 Å². The van der Waals surface area contributed by atoms with Gasteiger partial charge in [-0.2, -0.15) is 0 Å². The van der Waals surface area contributed by atoms with Gasteiger partial charge in [-0.25, -0.2) is 0 Å². The van der Waals surface area contributed by atoms with Gasteiger partial charge in [0.15, 0.2) is 5.76 Å². The lowest BCUT2D eigenvalue weighted by molar-refractivity contribution is -0.384. The van der Waals surface area contributed by atoms with Gasteiger partial charge in [0.1, 0.15) is 0 Å². The second-order valence-corrected chi connectivity index (χ2v) is 4.97. The number of furan rings is 1. The molecule has 0 saturated carbocycles. The van der Waals surface area contributed by atoms with Gasteiger partial charge in [-0.15, -0.1) is 10.2 Å². The number of hydrogen-bond donors (Lipinski definition) is 0. The number of rotatable bonds is 4. The van der Waals surface area contributed by atoms with Crippen molar-refractivity contribution < 1.29 is 18.6 Å². The number of thioether (sulfide) groups is 1. The summed E-state index contributed by atoms with van der Waals surface area (Å²) < 4.78 is 10.4. The number of carbonyl (C=O) groups is 1. The number of hydrogen-bond acceptors (Lipinski definition) is 8. The molecule has 0 bridgehead atoms. The van der Waals surface area contributed by atoms with Gasteiger partial charge in [-0.05, 0) is 18.2 Å². The number of benzene rings is 1. The molecule has 0 unspecified atom stereocenters. The van der Waals surface area contributed by atoms with E-state index in [1.54, 1.807) is 12.1 Å². The smallest absolute Gasteiger partial charge is 0.284 e. The van der Waals surface area contributed by atoms with Crippen molar-refractivity contribution in [1.29, 1.82) is 0 Å². The molecular weight excluding hydrogens is 310 g/mol. The number of nitro groups is 1. The summed E-state index contributed by atoms with van der Waals surface area (Å²) in [6, 6.07) is 8.73. The van der Waals surface area contributed by atoms with Gasteiger partial charge in [0.05, 0.1) is 11.2 Å². The Morgan fingerprint density at radius 1 is 1.23 bits per heavy atom. The third-order valence-electron chi connectivity index (χ3n) is 2.61. The fraction of sp³-hybridized carbons (Fsp3) is 0. The Hall–Kier alpha value is -2.94. The first-order chi connectivity index (χ1) is 10.6. The summed E-state index contributed by atoms with van der Waals surface area (Å²) in [4.78, 5) is 22.2. The van der Waals surface area contributed by atoms with E-state index in [1.165, 1.54) is 30.5 Å². The molecule has 0 fully saturated rings. The molecule has 9 heteroatoms. The Bertz CT molecular complexity index is 828. The van der Waals surface area contributed by atoms with E-state index < -0.39 is 10.0 Å². The molecule has 0 aliphatic heterocycles. The quantitative estimate of drug-likeness (QED) is 0.409. The van der Waals surface area contributed by atoms with Crippen molar-refractivity contribution in [2.45, 2.75) is 5.22 Å². The Morgan fingerprint density at radius 2 is 2.09 bits per heavy atom. The van der Waals surface area contributed by atoms with Crippen molar-refractivity contribution in [2.24, 2.45) is 0 Å². The molecule has 0 aliphatic rings. The molecule has 22 heavy (non-hydrogen) atoms. The van der Waals surface area contributed by atoms with E-state index in [-0.39, 0.29) is 22.4 Å². The van der Waals surface area contributed by atoms with Crippen LogP contribution >= 0.6 is 11.8 Å². The largest absolute Gasteiger partial charge is 0.459 e. The van der Waals surface area contributed by atoms with Crippen molar-refractivity contribution in [3.63, 3.8) is 0 Å². The van der Waals surface area contributed by atoms with Crippen LogP contribution in [0.15, 0.2) is 56.7 Å². The van der Waals surface area contributed by atoms with Gasteiger partial charge in [0.2, 0.25) is 5.12 Å². The number of carbonyl (C=O) groups excluding carboxylic acids is 1. The number of aromatic nitrogens is 2. The fourth-order valence-corrected chi connectivity index (χ4v) is 2.24. The SMILES string of the molecule is O=C(Sc1nnc(-c2ccco2)o1)c1cccc([N+](=O)[O-])c1. The molecular formula is C13H7N3O5S. The average molecular weight is 317 g/mol. The summed E-state index contributed by atoms with van der Waals surface area (Å²) in [7, 11) is 0. The van der Waals surface area contributed by atoms with Crippen molar-refractivity contribution in [1.82, 2.24) is 10.2 Å². The van der Waals surface area contributed by atoms with Gasteiger partial charge in [-0.1, -0.05) is 6.07 Å². The van der Waals surface area contributed by atoms with Gasteiger partial charge in [0, 0.05) is 29.5 Å². The molecule has 0 aliphatic carbocycles. The Kier molecular flexibility index (Phi) is 3.71. The minimum atomic E-state index is -0.566. The monoisotopic (exact) mass is 317 g/mol. The van der Waals surface area contributed by atoms with Crippen LogP contribution in [0.4, 0.5) is 5.69 Å². The maximum absolute atomic E-state index is 12.1. The predicted molar refractivity (Wildman–Crippen MR) is 75.3 cm³/mol. The Balaban J connectivity index is 1.77. The fourth-order valence-electron chi connectivity index (χ4n) is 1.64. The highest BCUT2D eigenvalue weighted by Gasteiger charge is 2.17. The minimum absolute atomic E-state index is 0.0305. The summed E-state index contributed by atoms with van der Waals surface area (Å²) in [6.45, 7) is 0. The van der Waals surface area contributed by atoms with E-state index in [9.17, 15) is 14.9 Å². The molecule has 2 heterocycles. The summed E-state index contributed by atoms with van der Waals surface area (Å²) in [5, 5.41) is 17.8. The first-order valence-corrected chi connectivity index (χ1v) is 6.79. The van der Waals surface area contributed by atoms with Crippen molar-refractivity contribution >= 4 is 22.6 Å². The number of nitro benzene ring substituents is 1. The first-order valence-electron chi connectivity index (χ1n) is 5.97. The summed E-state index contributed by atoms with van der Waals surface area (Å²) in [5.41, 5.74) is 0.0187. The van der Waals surface area contributed by atoms with E-state index in [0.29, 0.717) is 17.5 Å². The third kappa shape index (κ3) is 2.88. The summed E-state index contributed by atoms with van der Waals surface area (Å²) in [6.07, 6.45) is 1.46. The molecule has 0 N–H and O–H groups in total. The number of non-ortho nitro benzene ring substituents is 1. The van der Waals surface area contributed by atoms with E-state index in [0.717, 1.165) is 0 Å². The summed E-state index contributed by atoms with van der Waals surface area (Å²) in [5.74, 6) is 0.543. The van der Waals surface area contributed by atoms with Crippen LogP contribution in [0.5, 0.6) is 0 Å². The highest BCUT2D eigenvalue weighted by atomic mass is 32.2. The van der Waals surface area contributed by atoms with Crippen LogP contribution < -0.4 is 0 Å². The molecule has 8 nitrogen and oxygen atoms in total. The van der Waals surface area contributed by atoms with Crippen LogP contribution in [0, 0.1) is 10.1 Å². The normalized spacial score (nSPS) is 10.5. The van der Waals surface area contributed by atoms with Crippen molar-refractivity contribution in [2.75, 3.05) is 0 Å². The lowest BCUT2D eigenvalue weighted by Gasteiger charge is -1.97. The lowest BCUT2D eigenvalue weighted by Crippen LogP contribution is -1.95. The molecule has 2 aromatic heterocycles. The van der Waals surface area contributed by atoms with Crippen LogP contribution in [0.25, 0.3) is 11.7 Å². The van der Waals surface area contributed by atoms with E-state index in [4.69, 9.17) is 8.83 Å². The zero-order valence-electron chi connectivity index (χ0n) is 10.8. The predicted octanol–water partition coefficient (Wildman–Crippen LogP) is 3.17. The van der Waals surface area contributed by atoms with Crippen molar-refractivity contribution in [3.8, 4) is 11.7 Å². The summed E-state index contributed by atoms with van der Waals surface area (Å²) >= 11 is 0.692. The highest BCUT2D eigenvalue weighted by molar-refractivity contribution is 8.14. The molecule has 110 valence electrons. The molecule has 0 spiro atoms. The van der Waals surface area contributed by atoms with E-state index >= 15 is 0 Å². The van der Waals surface area contributed by atoms with Gasteiger partial charge < -0.3 is 8.83 Å². The number of nitrogens with zero attached hydrogens (tertiary/aromatic N) is 3. The van der Waals surface area contributed by atoms with E-state index in [2.05, 4.69) is 10.2 Å². The van der Waals surface area contributed by atoms with Crippen LogP contribution in [0.3, 0.4) is 0 Å². The Labute approximate surface area is 127 Å². The first kappa shape index (κ1) is 14.0. The Morgan fingerprint density at radius 3 is 2.82 bits per heavy atom. The van der Waals surface area contributed by atoms with Gasteiger partial charge in [-0.3, -0.25) is 14.9 Å². The molecule has 1 aromatic carbocycles. The van der Waals surface area contributed by atoms with Crippen LogP contribution in [0.1, 0.15) is 10.4 Å². The average Bonchev–Trinajstić information content (AvgIpc) is 3.18. The minimum Gasteiger partial charge on any atom is -0.459 e. The standard InChI is InChI=1S/C13H7N3O5S/c17-12(8-3-1-4-9(7-8)16(18)19)22-13-15-14-11(21-13)10-5-2-6-20-10/h1-7H. The highest BCUT2D eigenvalue weighted by Crippen LogP contribution is 2.26. The zero-order valence-corrected chi connectivity index (χ0v) is 11.6. The third-order valence-corrected chi connectivity index (χ3v) is 3.37. The zero-order chi connectivity index (χ0) is 15.5. The second kappa shape index (κ2) is 5.82. The second-order valence-electron chi connectivity index (χ2n) is 4.05. The molecule has 0 saturated heterocycles. The van der Waals surface area contributed by atoms with Crippen LogP contribution in [0.2, 0.25) is 0 Å². The molecule has 3 rings (SSSR count). The van der Waals surface area contributed by atoms with Crippen LogP contribution in [-0.2, 0) is 0 Å². The molecule has 0 radical (unpaired) electrons. The van der Waals surface area contributed by atoms with E-state index in [1.807, 2.05) is 0 Å².